The SMILES string of the molecule is NC(=O)OCCCCC[N+](=O)[O-]. The van der Waals surface area contributed by atoms with E-state index < -0.39 is 6.09 Å². The zero-order valence-corrected chi connectivity index (χ0v) is 6.69. The minimum absolute atomic E-state index is 0.0312. The van der Waals surface area contributed by atoms with Crippen molar-refractivity contribution in [3.63, 3.8) is 0 Å². The minimum Gasteiger partial charge on any atom is -0.450 e. The standard InChI is InChI=1S/C6H12N2O4/c7-6(9)12-5-3-1-2-4-8(10)11/h1-5H2,(H2,7,9). The Bertz CT molecular complexity index is 142. The first kappa shape index (κ1) is 10.7. The first-order valence-corrected chi connectivity index (χ1v) is 3.67. The molecule has 12 heavy (non-hydrogen) atoms. The number of nitrogens with zero attached hydrogens (tertiary/aromatic N) is 1. The van der Waals surface area contributed by atoms with Gasteiger partial charge in [-0.1, -0.05) is 0 Å². The van der Waals surface area contributed by atoms with Gasteiger partial charge >= 0.3 is 6.09 Å². The second-order valence-corrected chi connectivity index (χ2v) is 2.28. The Kier molecular flexibility index (Phi) is 5.68. The molecule has 0 aliphatic heterocycles. The van der Waals surface area contributed by atoms with E-state index in [-0.39, 0.29) is 18.1 Å². The molecule has 6 heteroatoms. The van der Waals surface area contributed by atoms with E-state index >= 15 is 0 Å². The Morgan fingerprint density at radius 3 is 2.58 bits per heavy atom. The molecule has 0 aliphatic carbocycles. The van der Waals surface area contributed by atoms with Crippen LogP contribution in [0.5, 0.6) is 0 Å². The van der Waals surface area contributed by atoms with Gasteiger partial charge in [0.05, 0.1) is 6.61 Å². The molecule has 0 saturated carbocycles. The maximum atomic E-state index is 10.0. The number of rotatable bonds is 6. The van der Waals surface area contributed by atoms with Crippen molar-refractivity contribution in [2.24, 2.45) is 5.73 Å². The highest BCUT2D eigenvalue weighted by molar-refractivity contribution is 5.64. The summed E-state index contributed by atoms with van der Waals surface area (Å²) >= 11 is 0. The zero-order chi connectivity index (χ0) is 9.40. The van der Waals surface area contributed by atoms with Gasteiger partial charge in [-0.05, 0) is 12.8 Å². The van der Waals surface area contributed by atoms with Crippen LogP contribution in [-0.4, -0.2) is 24.2 Å². The number of nitrogens with two attached hydrogens (primary N) is 1. The summed E-state index contributed by atoms with van der Waals surface area (Å²) in [6.07, 6.45) is 1.00. The third-order valence-corrected chi connectivity index (χ3v) is 1.23. The number of hydrogen-bond acceptors (Lipinski definition) is 4. The van der Waals surface area contributed by atoms with Crippen molar-refractivity contribution in [3.8, 4) is 0 Å². The third-order valence-electron chi connectivity index (χ3n) is 1.23. The van der Waals surface area contributed by atoms with E-state index in [0.717, 1.165) is 0 Å². The van der Waals surface area contributed by atoms with Crippen LogP contribution in [-0.2, 0) is 4.74 Å². The average Bonchev–Trinajstić information content (AvgIpc) is 1.95. The summed E-state index contributed by atoms with van der Waals surface area (Å²) in [6.45, 7) is 0.212. The fraction of sp³-hybridized carbons (Fsp3) is 0.833. The molecule has 0 saturated heterocycles. The minimum atomic E-state index is -0.802. The summed E-state index contributed by atoms with van der Waals surface area (Å²) in [5.41, 5.74) is 4.69. The average molecular weight is 176 g/mol. The number of unbranched alkanes of at least 4 members (excludes halogenated alkanes) is 2. The largest absolute Gasteiger partial charge is 0.450 e. The topological polar surface area (TPSA) is 95.5 Å². The van der Waals surface area contributed by atoms with Crippen molar-refractivity contribution in [2.45, 2.75) is 19.3 Å². The lowest BCUT2D eigenvalue weighted by Crippen LogP contribution is -2.13. The second kappa shape index (κ2) is 6.38. The van der Waals surface area contributed by atoms with Crippen LogP contribution in [0.2, 0.25) is 0 Å². The van der Waals surface area contributed by atoms with Crippen molar-refractivity contribution >= 4 is 6.09 Å². The van der Waals surface area contributed by atoms with Crippen molar-refractivity contribution < 1.29 is 14.5 Å². The van der Waals surface area contributed by atoms with Crippen LogP contribution < -0.4 is 5.73 Å². The molecule has 0 spiro atoms. The highest BCUT2D eigenvalue weighted by Crippen LogP contribution is 1.95. The van der Waals surface area contributed by atoms with E-state index in [2.05, 4.69) is 10.5 Å². The van der Waals surface area contributed by atoms with Gasteiger partial charge in [0.15, 0.2) is 0 Å². The van der Waals surface area contributed by atoms with Crippen LogP contribution in [0.4, 0.5) is 4.79 Å². The summed E-state index contributed by atoms with van der Waals surface area (Å²) in [7, 11) is 0. The van der Waals surface area contributed by atoms with E-state index in [9.17, 15) is 14.9 Å². The Morgan fingerprint density at radius 2 is 2.08 bits per heavy atom. The van der Waals surface area contributed by atoms with Crippen LogP contribution >= 0.6 is 0 Å². The van der Waals surface area contributed by atoms with Gasteiger partial charge < -0.3 is 10.5 Å². The third kappa shape index (κ3) is 8.67. The molecule has 0 unspecified atom stereocenters. The smallest absolute Gasteiger partial charge is 0.404 e. The number of hydrogen-bond donors (Lipinski definition) is 1. The lowest BCUT2D eigenvalue weighted by Gasteiger charge is -1.98. The van der Waals surface area contributed by atoms with Crippen LogP contribution in [0.1, 0.15) is 19.3 Å². The van der Waals surface area contributed by atoms with Gasteiger partial charge in [-0.15, -0.1) is 0 Å². The molecule has 0 rings (SSSR count). The van der Waals surface area contributed by atoms with E-state index in [1.807, 2.05) is 0 Å². The van der Waals surface area contributed by atoms with Crippen LogP contribution in [0, 0.1) is 10.1 Å². The number of amides is 1. The van der Waals surface area contributed by atoms with Crippen LogP contribution in [0.3, 0.4) is 0 Å². The Labute approximate surface area is 69.8 Å². The summed E-state index contributed by atoms with van der Waals surface area (Å²) in [5, 5.41) is 9.84. The fourth-order valence-corrected chi connectivity index (χ4v) is 0.693. The molecule has 0 bridgehead atoms. The van der Waals surface area contributed by atoms with E-state index in [1.54, 1.807) is 0 Å². The Morgan fingerprint density at radius 1 is 1.42 bits per heavy atom. The Balaban J connectivity index is 3.01. The Hall–Kier alpha value is -1.33. The molecule has 0 aromatic carbocycles. The van der Waals surface area contributed by atoms with Crippen LogP contribution in [0.15, 0.2) is 0 Å². The second-order valence-electron chi connectivity index (χ2n) is 2.28. The zero-order valence-electron chi connectivity index (χ0n) is 6.69. The molecule has 1 amide bonds. The molecule has 0 aliphatic rings. The number of primary amides is 1. The van der Waals surface area contributed by atoms with Gasteiger partial charge in [-0.25, -0.2) is 4.79 Å². The molecule has 0 fully saturated rings. The molecule has 0 aromatic heterocycles. The van der Waals surface area contributed by atoms with Crippen molar-refractivity contribution in [1.29, 1.82) is 0 Å². The first-order chi connectivity index (χ1) is 5.63. The molecule has 0 radical (unpaired) electrons. The quantitative estimate of drug-likeness (QED) is 0.362. The highest BCUT2D eigenvalue weighted by Gasteiger charge is 1.97. The van der Waals surface area contributed by atoms with E-state index in [4.69, 9.17) is 0 Å². The normalized spacial score (nSPS) is 9.33. The number of carbonyl (C=O) groups excluding carboxylic acids is 1. The fourth-order valence-electron chi connectivity index (χ4n) is 0.693. The molecule has 2 N–H and O–H groups in total. The highest BCUT2D eigenvalue weighted by atomic mass is 16.6. The lowest BCUT2D eigenvalue weighted by molar-refractivity contribution is -0.480. The molecule has 70 valence electrons. The first-order valence-electron chi connectivity index (χ1n) is 3.67. The van der Waals surface area contributed by atoms with Crippen molar-refractivity contribution in [3.05, 3.63) is 10.1 Å². The number of nitro groups is 1. The van der Waals surface area contributed by atoms with Gasteiger partial charge in [-0.3, -0.25) is 10.1 Å². The van der Waals surface area contributed by atoms with E-state index in [1.165, 1.54) is 0 Å². The van der Waals surface area contributed by atoms with Gasteiger partial charge in [-0.2, -0.15) is 0 Å². The summed E-state index contributed by atoms with van der Waals surface area (Å²) in [6, 6.07) is 0. The van der Waals surface area contributed by atoms with Crippen molar-refractivity contribution in [1.82, 2.24) is 0 Å². The summed E-state index contributed by atoms with van der Waals surface area (Å²) in [4.78, 5) is 19.5. The van der Waals surface area contributed by atoms with Gasteiger partial charge in [0.2, 0.25) is 6.54 Å². The number of ether oxygens (including phenoxy) is 1. The van der Waals surface area contributed by atoms with Crippen LogP contribution in [0.25, 0.3) is 0 Å². The van der Waals surface area contributed by atoms with Gasteiger partial charge in [0.25, 0.3) is 0 Å². The number of carbonyl (C=O) groups is 1. The molecular weight excluding hydrogens is 164 g/mol. The van der Waals surface area contributed by atoms with E-state index in [0.29, 0.717) is 19.3 Å². The molecule has 0 heterocycles. The van der Waals surface area contributed by atoms with Crippen molar-refractivity contribution in [2.75, 3.05) is 13.2 Å². The predicted molar refractivity (Wildman–Crippen MR) is 41.2 cm³/mol. The molecular formula is C6H12N2O4. The maximum absolute atomic E-state index is 10.0. The summed E-state index contributed by atoms with van der Waals surface area (Å²) in [5.74, 6) is 0. The molecule has 6 nitrogen and oxygen atoms in total. The predicted octanol–water partition coefficient (Wildman–Crippen LogP) is 0.529. The maximum Gasteiger partial charge on any atom is 0.404 e. The summed E-state index contributed by atoms with van der Waals surface area (Å²) < 4.78 is 4.42. The monoisotopic (exact) mass is 176 g/mol. The molecule has 0 aromatic rings. The molecule has 0 atom stereocenters. The van der Waals surface area contributed by atoms with Gasteiger partial charge in [0.1, 0.15) is 0 Å². The van der Waals surface area contributed by atoms with Gasteiger partial charge in [0, 0.05) is 11.3 Å². The lowest BCUT2D eigenvalue weighted by atomic mass is 10.2.